The molecule has 0 aromatic carbocycles. The standard InChI is InChI=1S/C6H6ClNO3S2/c7-1-4(9)5-3-12-8(13-5)2-6(10)11/h3H,1-2H2,(H,10,11). The Bertz CT molecular complexity index is 269. The van der Waals surface area contributed by atoms with Crippen LogP contribution in [0.4, 0.5) is 0 Å². The molecule has 4 nitrogen and oxygen atoms in total. The number of hydrogen-bond donors (Lipinski definition) is 1. The zero-order valence-corrected chi connectivity index (χ0v) is 8.79. The molecule has 0 spiro atoms. The quantitative estimate of drug-likeness (QED) is 0.590. The van der Waals surface area contributed by atoms with E-state index in [1.807, 2.05) is 0 Å². The van der Waals surface area contributed by atoms with Gasteiger partial charge in [-0.05, 0) is 23.9 Å². The molecule has 7 heteroatoms. The van der Waals surface area contributed by atoms with E-state index in [1.165, 1.54) is 15.7 Å². The van der Waals surface area contributed by atoms with Gasteiger partial charge in [0.25, 0.3) is 0 Å². The van der Waals surface area contributed by atoms with Crippen molar-refractivity contribution in [1.82, 2.24) is 3.71 Å². The summed E-state index contributed by atoms with van der Waals surface area (Å²) >= 11 is 7.65. The molecule has 0 saturated carbocycles. The Balaban J connectivity index is 2.42. The Labute approximate surface area is 88.6 Å². The lowest BCUT2D eigenvalue weighted by Gasteiger charge is -2.08. The molecule has 0 amide bonds. The second kappa shape index (κ2) is 4.90. The van der Waals surface area contributed by atoms with Gasteiger partial charge in [0.05, 0.1) is 10.8 Å². The monoisotopic (exact) mass is 239 g/mol. The van der Waals surface area contributed by atoms with E-state index in [-0.39, 0.29) is 18.2 Å². The van der Waals surface area contributed by atoms with E-state index in [1.54, 1.807) is 5.41 Å². The predicted octanol–water partition coefficient (Wildman–Crippen LogP) is 1.33. The molecule has 0 bridgehead atoms. The van der Waals surface area contributed by atoms with Gasteiger partial charge in [-0.3, -0.25) is 9.59 Å². The molecule has 0 aromatic heterocycles. The number of carbonyl (C=O) groups is 2. The number of halogens is 1. The number of rotatable bonds is 4. The predicted molar refractivity (Wildman–Crippen MR) is 53.3 cm³/mol. The molecule has 72 valence electrons. The summed E-state index contributed by atoms with van der Waals surface area (Å²) in [4.78, 5) is 21.8. The SMILES string of the molecule is O=C(O)CN1SC=C(C(=O)CCl)S1. The molecule has 0 unspecified atom stereocenters. The number of carboxylic acid groups (broad SMARTS) is 1. The Kier molecular flexibility index (Phi) is 4.11. The number of nitrogens with zero attached hydrogens (tertiary/aromatic N) is 1. The van der Waals surface area contributed by atoms with Crippen molar-refractivity contribution in [3.8, 4) is 0 Å². The highest BCUT2D eigenvalue weighted by Crippen LogP contribution is 2.38. The van der Waals surface area contributed by atoms with Crippen LogP contribution in [0.15, 0.2) is 10.3 Å². The van der Waals surface area contributed by atoms with Gasteiger partial charge in [0.2, 0.25) is 0 Å². The second-order valence-corrected chi connectivity index (χ2v) is 4.57. The summed E-state index contributed by atoms with van der Waals surface area (Å²) in [5.74, 6) is -1.17. The summed E-state index contributed by atoms with van der Waals surface area (Å²) in [6, 6.07) is 0. The zero-order chi connectivity index (χ0) is 9.84. The molecule has 1 N–H and O–H groups in total. The van der Waals surface area contributed by atoms with Crippen molar-refractivity contribution in [2.75, 3.05) is 12.4 Å². The van der Waals surface area contributed by atoms with Crippen LogP contribution < -0.4 is 0 Å². The largest absolute Gasteiger partial charge is 0.480 e. The molecule has 0 fully saturated rings. The molecule has 1 aliphatic rings. The van der Waals surface area contributed by atoms with Crippen molar-refractivity contribution < 1.29 is 14.7 Å². The molecule has 1 heterocycles. The van der Waals surface area contributed by atoms with Gasteiger partial charge >= 0.3 is 5.97 Å². The third-order valence-electron chi connectivity index (χ3n) is 1.14. The highest BCUT2D eigenvalue weighted by molar-refractivity contribution is 8.18. The Hall–Kier alpha value is -0.170. The Morgan fingerprint density at radius 1 is 1.62 bits per heavy atom. The average molecular weight is 240 g/mol. The summed E-state index contributed by atoms with van der Waals surface area (Å²) in [5, 5.41) is 10.1. The van der Waals surface area contributed by atoms with Gasteiger partial charge in [0, 0.05) is 5.41 Å². The van der Waals surface area contributed by atoms with Crippen molar-refractivity contribution in [3.05, 3.63) is 10.3 Å². The number of allylic oxidation sites excluding steroid dienone is 1. The van der Waals surface area contributed by atoms with E-state index in [2.05, 4.69) is 0 Å². The molecule has 0 saturated heterocycles. The number of carboxylic acids is 1. The molecule has 0 atom stereocenters. The molecule has 0 radical (unpaired) electrons. The normalized spacial score (nSPS) is 17.2. The lowest BCUT2D eigenvalue weighted by atomic mass is 10.4. The van der Waals surface area contributed by atoms with Crippen molar-refractivity contribution in [2.45, 2.75) is 0 Å². The molecule has 0 aliphatic carbocycles. The Morgan fingerprint density at radius 3 is 2.85 bits per heavy atom. The lowest BCUT2D eigenvalue weighted by molar-refractivity contribution is -0.136. The molecular formula is C6H6ClNO3S2. The lowest BCUT2D eigenvalue weighted by Crippen LogP contribution is -2.15. The van der Waals surface area contributed by atoms with Crippen molar-refractivity contribution in [3.63, 3.8) is 0 Å². The van der Waals surface area contributed by atoms with Crippen LogP contribution >= 0.6 is 35.5 Å². The average Bonchev–Trinajstić information content (AvgIpc) is 2.50. The Morgan fingerprint density at radius 2 is 2.31 bits per heavy atom. The first-order chi connectivity index (χ1) is 6.13. The van der Waals surface area contributed by atoms with Crippen LogP contribution in [0.3, 0.4) is 0 Å². The first-order valence-corrected chi connectivity index (χ1v) is 5.41. The van der Waals surface area contributed by atoms with Gasteiger partial charge in [-0.25, -0.2) is 0 Å². The van der Waals surface area contributed by atoms with Crippen LogP contribution in [0.1, 0.15) is 0 Å². The highest BCUT2D eigenvalue weighted by atomic mass is 35.5. The summed E-state index contributed by atoms with van der Waals surface area (Å²) in [6.45, 7) is -0.106. The van der Waals surface area contributed by atoms with Crippen LogP contribution in [-0.4, -0.2) is 33.0 Å². The van der Waals surface area contributed by atoms with Crippen LogP contribution in [-0.2, 0) is 9.59 Å². The topological polar surface area (TPSA) is 57.6 Å². The van der Waals surface area contributed by atoms with E-state index < -0.39 is 5.97 Å². The minimum absolute atomic E-state index is 0.0691. The van der Waals surface area contributed by atoms with Crippen LogP contribution in [0.2, 0.25) is 0 Å². The third kappa shape index (κ3) is 3.22. The number of ketones is 1. The fourth-order valence-corrected chi connectivity index (χ4v) is 2.79. The first-order valence-electron chi connectivity index (χ1n) is 3.27. The number of carbonyl (C=O) groups excluding carboxylic acids is 1. The van der Waals surface area contributed by atoms with Gasteiger partial charge < -0.3 is 5.11 Å². The fourth-order valence-electron chi connectivity index (χ4n) is 0.622. The van der Waals surface area contributed by atoms with Gasteiger partial charge in [-0.15, -0.1) is 11.6 Å². The third-order valence-corrected chi connectivity index (χ3v) is 3.59. The number of hydrogen-bond acceptors (Lipinski definition) is 5. The first kappa shape index (κ1) is 10.9. The van der Waals surface area contributed by atoms with Crippen molar-refractivity contribution >= 4 is 47.2 Å². The minimum atomic E-state index is -0.923. The van der Waals surface area contributed by atoms with E-state index in [0.29, 0.717) is 4.91 Å². The maximum Gasteiger partial charge on any atom is 0.319 e. The van der Waals surface area contributed by atoms with Crippen LogP contribution in [0.5, 0.6) is 0 Å². The van der Waals surface area contributed by atoms with Crippen molar-refractivity contribution in [1.29, 1.82) is 0 Å². The summed E-state index contributed by atoms with van der Waals surface area (Å²) in [7, 11) is 0. The molecule has 1 aliphatic heterocycles. The zero-order valence-electron chi connectivity index (χ0n) is 6.40. The van der Waals surface area contributed by atoms with Crippen LogP contribution in [0.25, 0.3) is 0 Å². The van der Waals surface area contributed by atoms with Crippen LogP contribution in [0, 0.1) is 0 Å². The summed E-state index contributed by atoms with van der Waals surface area (Å²) in [6.07, 6.45) is 0. The maximum atomic E-state index is 11.0. The summed E-state index contributed by atoms with van der Waals surface area (Å²) in [5.41, 5.74) is 0. The smallest absolute Gasteiger partial charge is 0.319 e. The second-order valence-electron chi connectivity index (χ2n) is 2.12. The number of Topliss-reactive ketones (excluding diaryl/α,β-unsaturated/α-hetero) is 1. The van der Waals surface area contributed by atoms with Gasteiger partial charge in [0.1, 0.15) is 6.54 Å². The number of aliphatic carboxylic acids is 1. The maximum absolute atomic E-state index is 11.0. The van der Waals surface area contributed by atoms with E-state index in [4.69, 9.17) is 16.7 Å². The van der Waals surface area contributed by atoms with E-state index in [9.17, 15) is 9.59 Å². The molecule has 0 aromatic rings. The van der Waals surface area contributed by atoms with Gasteiger partial charge in [-0.1, -0.05) is 0 Å². The molecule has 13 heavy (non-hydrogen) atoms. The van der Waals surface area contributed by atoms with Crippen molar-refractivity contribution in [2.24, 2.45) is 0 Å². The number of alkyl halides is 1. The minimum Gasteiger partial charge on any atom is -0.480 e. The van der Waals surface area contributed by atoms with Gasteiger partial charge in [0.15, 0.2) is 5.78 Å². The van der Waals surface area contributed by atoms with E-state index in [0.717, 1.165) is 11.9 Å². The fraction of sp³-hybridized carbons (Fsp3) is 0.333. The molecule has 1 rings (SSSR count). The van der Waals surface area contributed by atoms with Gasteiger partial charge in [-0.2, -0.15) is 3.71 Å². The highest BCUT2D eigenvalue weighted by Gasteiger charge is 2.22. The molecular weight excluding hydrogens is 234 g/mol. The van der Waals surface area contributed by atoms with E-state index >= 15 is 0 Å². The summed E-state index contributed by atoms with van der Waals surface area (Å²) < 4.78 is 1.50.